The minimum absolute atomic E-state index is 0. The molecule has 1 aromatic rings. The Labute approximate surface area is 193 Å². The number of nitrogens with one attached hydrogen (secondary N) is 2. The fourth-order valence-electron chi connectivity index (χ4n) is 3.32. The molecule has 1 fully saturated rings. The maximum absolute atomic E-state index is 5.59. The molecule has 1 aliphatic heterocycles. The Bertz CT molecular complexity index is 621. The van der Waals surface area contributed by atoms with E-state index in [1.807, 2.05) is 25.1 Å². The van der Waals surface area contributed by atoms with E-state index in [-0.39, 0.29) is 24.0 Å². The Hall–Kier alpha value is -1.26. The molecule has 0 aromatic heterocycles. The van der Waals surface area contributed by atoms with Gasteiger partial charge in [-0.2, -0.15) is 0 Å². The number of halogens is 1. The van der Waals surface area contributed by atoms with Gasteiger partial charge in [-0.15, -0.1) is 24.0 Å². The molecule has 0 amide bonds. The molecule has 0 saturated carbocycles. The lowest BCUT2D eigenvalue weighted by molar-refractivity contribution is 0.109. The molecule has 0 radical (unpaired) electrons. The number of aliphatic imine (C=N–C) groups is 1. The van der Waals surface area contributed by atoms with E-state index >= 15 is 0 Å². The van der Waals surface area contributed by atoms with Crippen LogP contribution >= 0.6 is 24.0 Å². The fraction of sp³-hybridized carbons (Fsp3) is 0.667. The van der Waals surface area contributed by atoms with Crippen LogP contribution in [0.25, 0.3) is 0 Å². The van der Waals surface area contributed by atoms with Gasteiger partial charge < -0.3 is 25.0 Å². The van der Waals surface area contributed by atoms with Crippen molar-refractivity contribution >= 4 is 35.6 Å². The van der Waals surface area contributed by atoms with Crippen LogP contribution in [0.5, 0.6) is 11.5 Å². The van der Waals surface area contributed by atoms with Crippen LogP contribution in [0.3, 0.4) is 0 Å². The molecule has 0 spiro atoms. The largest absolute Gasteiger partial charge is 0.493 e. The van der Waals surface area contributed by atoms with Gasteiger partial charge in [0.15, 0.2) is 17.5 Å². The lowest BCUT2D eigenvalue weighted by Gasteiger charge is -2.37. The number of nitrogens with zero attached hydrogens (tertiary/aromatic N) is 3. The van der Waals surface area contributed by atoms with E-state index < -0.39 is 0 Å². The first-order valence-corrected chi connectivity index (χ1v) is 10.4. The summed E-state index contributed by atoms with van der Waals surface area (Å²) in [7, 11) is 1.65. The summed E-state index contributed by atoms with van der Waals surface area (Å²) in [5.74, 6) is 2.25. The average molecular weight is 519 g/mol. The monoisotopic (exact) mass is 519 g/mol. The van der Waals surface area contributed by atoms with Crippen molar-refractivity contribution in [1.82, 2.24) is 15.1 Å². The maximum Gasteiger partial charge on any atom is 0.195 e. The third kappa shape index (κ3) is 8.18. The van der Waals surface area contributed by atoms with Crippen LogP contribution in [0, 0.1) is 0 Å². The number of likely N-dealkylation sites (N-methyl/N-ethyl adjacent to an activating group) is 1. The molecule has 2 N–H and O–H groups in total. The van der Waals surface area contributed by atoms with Crippen LogP contribution in [0.15, 0.2) is 23.2 Å². The highest BCUT2D eigenvalue weighted by molar-refractivity contribution is 14.0. The molecule has 7 nitrogen and oxygen atoms in total. The van der Waals surface area contributed by atoms with Crippen LogP contribution in [-0.2, 0) is 0 Å². The Balaban J connectivity index is 0.00000420. The van der Waals surface area contributed by atoms with Gasteiger partial charge in [0, 0.05) is 50.5 Å². The van der Waals surface area contributed by atoms with Crippen molar-refractivity contribution in [2.24, 2.45) is 4.99 Å². The number of hydrogen-bond donors (Lipinski definition) is 2. The first-order chi connectivity index (χ1) is 13.6. The standard InChI is InChI=1S/C21H37N5O2.HI/c1-6-22-21(23-16-17(4)26-13-11-25(7-2)12-14-26)24-18-9-10-19(28-8-3)20(15-18)27-5;/h9-10,15,17H,6-8,11-14,16H2,1-5H3,(H2,22,23,24);1H. The van der Waals surface area contributed by atoms with E-state index in [1.54, 1.807) is 7.11 Å². The summed E-state index contributed by atoms with van der Waals surface area (Å²) in [6, 6.07) is 6.26. The summed E-state index contributed by atoms with van der Waals surface area (Å²) >= 11 is 0. The minimum Gasteiger partial charge on any atom is -0.493 e. The molecular weight excluding hydrogens is 481 g/mol. The summed E-state index contributed by atoms with van der Waals surface area (Å²) in [6.07, 6.45) is 0. The van der Waals surface area contributed by atoms with Crippen molar-refractivity contribution in [2.45, 2.75) is 33.7 Å². The number of benzene rings is 1. The summed E-state index contributed by atoms with van der Waals surface area (Å²) in [6.45, 7) is 16.4. The van der Waals surface area contributed by atoms with Gasteiger partial charge in [0.1, 0.15) is 0 Å². The van der Waals surface area contributed by atoms with Crippen molar-refractivity contribution in [2.75, 3.05) is 64.8 Å². The van der Waals surface area contributed by atoms with Crippen molar-refractivity contribution in [3.05, 3.63) is 18.2 Å². The van der Waals surface area contributed by atoms with Gasteiger partial charge in [-0.05, 0) is 39.4 Å². The molecule has 1 aromatic carbocycles. The van der Waals surface area contributed by atoms with Crippen molar-refractivity contribution in [3.63, 3.8) is 0 Å². The van der Waals surface area contributed by atoms with Gasteiger partial charge in [0.05, 0.1) is 20.3 Å². The SMILES string of the molecule is CCNC(=NCC(C)N1CCN(CC)CC1)Nc1ccc(OCC)c(OC)c1.I. The van der Waals surface area contributed by atoms with Gasteiger partial charge in [-0.1, -0.05) is 6.92 Å². The third-order valence-corrected chi connectivity index (χ3v) is 5.06. The predicted molar refractivity (Wildman–Crippen MR) is 132 cm³/mol. The van der Waals surface area contributed by atoms with Crippen molar-refractivity contribution in [1.29, 1.82) is 0 Å². The summed E-state index contributed by atoms with van der Waals surface area (Å²) in [4.78, 5) is 9.83. The van der Waals surface area contributed by atoms with Gasteiger partial charge in [0.25, 0.3) is 0 Å². The quantitative estimate of drug-likeness (QED) is 0.297. The number of piperazine rings is 1. The lowest BCUT2D eigenvalue weighted by atomic mass is 10.2. The Kier molecular flexibility index (Phi) is 12.3. The zero-order chi connectivity index (χ0) is 20.4. The molecule has 166 valence electrons. The fourth-order valence-corrected chi connectivity index (χ4v) is 3.32. The average Bonchev–Trinajstić information content (AvgIpc) is 2.73. The molecule has 1 unspecified atom stereocenters. The normalized spacial score (nSPS) is 16.7. The van der Waals surface area contributed by atoms with Crippen LogP contribution in [0.2, 0.25) is 0 Å². The lowest BCUT2D eigenvalue weighted by Crippen LogP contribution is -2.50. The maximum atomic E-state index is 5.59. The molecule has 1 saturated heterocycles. The molecule has 1 heterocycles. The minimum atomic E-state index is 0. The number of ether oxygens (including phenoxy) is 2. The Morgan fingerprint density at radius 2 is 1.86 bits per heavy atom. The zero-order valence-electron chi connectivity index (χ0n) is 18.5. The number of methoxy groups -OCH3 is 1. The van der Waals surface area contributed by atoms with E-state index in [1.165, 1.54) is 0 Å². The highest BCUT2D eigenvalue weighted by Gasteiger charge is 2.20. The van der Waals surface area contributed by atoms with E-state index in [0.29, 0.717) is 18.4 Å². The van der Waals surface area contributed by atoms with Crippen LogP contribution in [0.1, 0.15) is 27.7 Å². The van der Waals surface area contributed by atoms with Crippen LogP contribution in [-0.4, -0.2) is 81.3 Å². The van der Waals surface area contributed by atoms with E-state index in [2.05, 4.69) is 41.2 Å². The molecule has 29 heavy (non-hydrogen) atoms. The molecule has 2 rings (SSSR count). The highest BCUT2D eigenvalue weighted by atomic mass is 127. The molecule has 0 aliphatic carbocycles. The van der Waals surface area contributed by atoms with Gasteiger partial charge in [0.2, 0.25) is 0 Å². The first-order valence-electron chi connectivity index (χ1n) is 10.4. The smallest absolute Gasteiger partial charge is 0.195 e. The first kappa shape index (κ1) is 25.8. The zero-order valence-corrected chi connectivity index (χ0v) is 20.9. The van der Waals surface area contributed by atoms with Gasteiger partial charge >= 0.3 is 0 Å². The van der Waals surface area contributed by atoms with Crippen LogP contribution in [0.4, 0.5) is 5.69 Å². The molecule has 1 aliphatic rings. The Morgan fingerprint density at radius 3 is 2.45 bits per heavy atom. The molecular formula is C21H38IN5O2. The highest BCUT2D eigenvalue weighted by Crippen LogP contribution is 2.30. The predicted octanol–water partition coefficient (Wildman–Crippen LogP) is 3.12. The second-order valence-corrected chi connectivity index (χ2v) is 6.96. The summed E-state index contributed by atoms with van der Waals surface area (Å²) in [5, 5.41) is 6.70. The van der Waals surface area contributed by atoms with Crippen molar-refractivity contribution < 1.29 is 9.47 Å². The summed E-state index contributed by atoms with van der Waals surface area (Å²) < 4.78 is 11.0. The van der Waals surface area contributed by atoms with E-state index in [9.17, 15) is 0 Å². The number of anilines is 1. The molecule has 1 atom stereocenters. The topological polar surface area (TPSA) is 61.4 Å². The number of hydrogen-bond acceptors (Lipinski definition) is 5. The van der Waals surface area contributed by atoms with Crippen LogP contribution < -0.4 is 20.1 Å². The van der Waals surface area contributed by atoms with E-state index in [0.717, 1.165) is 63.2 Å². The number of rotatable bonds is 9. The second-order valence-electron chi connectivity index (χ2n) is 6.96. The Morgan fingerprint density at radius 1 is 1.14 bits per heavy atom. The van der Waals surface area contributed by atoms with Gasteiger partial charge in [-0.3, -0.25) is 9.89 Å². The van der Waals surface area contributed by atoms with Crippen molar-refractivity contribution in [3.8, 4) is 11.5 Å². The summed E-state index contributed by atoms with van der Waals surface area (Å²) in [5.41, 5.74) is 0.921. The molecule has 8 heteroatoms. The second kappa shape index (κ2) is 13.9. The third-order valence-electron chi connectivity index (χ3n) is 5.06. The van der Waals surface area contributed by atoms with Gasteiger partial charge in [-0.25, -0.2) is 0 Å². The molecule has 0 bridgehead atoms. The number of guanidine groups is 1. The van der Waals surface area contributed by atoms with E-state index in [4.69, 9.17) is 14.5 Å².